The van der Waals surface area contributed by atoms with Crippen LogP contribution in [0.3, 0.4) is 0 Å². The zero-order chi connectivity index (χ0) is 10.0. The van der Waals surface area contributed by atoms with Crippen LogP contribution in [0.5, 0.6) is 0 Å². The van der Waals surface area contributed by atoms with Crippen molar-refractivity contribution in [3.05, 3.63) is 0 Å². The van der Waals surface area contributed by atoms with E-state index in [1.165, 1.54) is 0 Å². The summed E-state index contributed by atoms with van der Waals surface area (Å²) in [4.78, 5) is 23.5. The van der Waals surface area contributed by atoms with Crippen LogP contribution in [0.15, 0.2) is 0 Å². The molecule has 0 N–H and O–H groups in total. The smallest absolute Gasteiger partial charge is 0.317 e. The molecule has 1 aliphatic heterocycles. The number of hydrogen-bond acceptors (Lipinski definition) is 3. The molecule has 0 aromatic carbocycles. The van der Waals surface area contributed by atoms with Crippen molar-refractivity contribution in [3.63, 3.8) is 0 Å². The fraction of sp³-hybridized carbons (Fsp3) is 0.778. The number of alkyl halides is 2. The van der Waals surface area contributed by atoms with E-state index in [-0.39, 0.29) is 35.6 Å². The fourth-order valence-corrected chi connectivity index (χ4v) is 5.02. The number of halogens is 2. The largest absolute Gasteiger partial charge is 0.393 e. The van der Waals surface area contributed by atoms with Gasteiger partial charge >= 0.3 is 11.9 Å². The highest BCUT2D eigenvalue weighted by molar-refractivity contribution is 9.12. The Morgan fingerprint density at radius 2 is 1.43 bits per heavy atom. The zero-order valence-corrected chi connectivity index (χ0v) is 10.3. The van der Waals surface area contributed by atoms with Gasteiger partial charge in [-0.1, -0.05) is 31.9 Å². The average Bonchev–Trinajstić information content (AvgIpc) is 2.71. The van der Waals surface area contributed by atoms with Gasteiger partial charge in [0.05, 0.1) is 11.8 Å². The van der Waals surface area contributed by atoms with Crippen molar-refractivity contribution >= 4 is 43.8 Å². The second-order valence-electron chi connectivity index (χ2n) is 4.24. The third kappa shape index (κ3) is 0.927. The standard InChI is InChI=1S/C9H8Br2O3/c10-6-2-1-3(7(6)11)5-4(2)8(12)14-9(5)13/h2-7H,1H2/t2-,3+,4+,5-,6+,7-. The molecule has 3 fully saturated rings. The maximum absolute atomic E-state index is 11.4. The summed E-state index contributed by atoms with van der Waals surface area (Å²) in [5.41, 5.74) is 0. The highest BCUT2D eigenvalue weighted by Crippen LogP contribution is 2.59. The first kappa shape index (κ1) is 9.33. The predicted octanol–water partition coefficient (Wildman–Crippen LogP) is 1.48. The van der Waals surface area contributed by atoms with Crippen molar-refractivity contribution in [1.29, 1.82) is 0 Å². The number of hydrogen-bond donors (Lipinski definition) is 0. The quantitative estimate of drug-likeness (QED) is 0.385. The molecule has 3 nitrogen and oxygen atoms in total. The summed E-state index contributed by atoms with van der Waals surface area (Å²) in [6.07, 6.45) is 0.960. The lowest BCUT2D eigenvalue weighted by atomic mass is 9.81. The van der Waals surface area contributed by atoms with Crippen LogP contribution in [0.4, 0.5) is 0 Å². The van der Waals surface area contributed by atoms with Gasteiger partial charge in [-0.3, -0.25) is 9.59 Å². The molecule has 0 amide bonds. The Kier molecular flexibility index (Phi) is 1.88. The SMILES string of the molecule is O=C1OC(=O)[C@H]2[C@H]3C[C@H]([C@@H](Br)[C@H]3Br)[C@@H]12. The number of esters is 2. The molecule has 2 aliphatic carbocycles. The third-order valence-electron chi connectivity index (χ3n) is 3.72. The van der Waals surface area contributed by atoms with Crippen LogP contribution in [0.25, 0.3) is 0 Å². The van der Waals surface area contributed by atoms with Crippen LogP contribution < -0.4 is 0 Å². The number of fused-ring (bicyclic) bond motifs is 5. The van der Waals surface area contributed by atoms with Crippen LogP contribution in [0.2, 0.25) is 0 Å². The molecule has 76 valence electrons. The van der Waals surface area contributed by atoms with Crippen LogP contribution in [0, 0.1) is 23.7 Å². The van der Waals surface area contributed by atoms with Crippen molar-refractivity contribution < 1.29 is 14.3 Å². The van der Waals surface area contributed by atoms with Gasteiger partial charge in [0, 0.05) is 9.65 Å². The van der Waals surface area contributed by atoms with Crippen LogP contribution in [-0.4, -0.2) is 21.6 Å². The maximum atomic E-state index is 11.4. The summed E-state index contributed by atoms with van der Waals surface area (Å²) in [6, 6.07) is 0. The first-order valence-corrected chi connectivity index (χ1v) is 6.48. The molecule has 0 spiro atoms. The molecule has 0 aromatic heterocycles. The van der Waals surface area contributed by atoms with E-state index in [0.29, 0.717) is 9.65 Å². The van der Waals surface area contributed by atoms with Crippen molar-refractivity contribution in [2.24, 2.45) is 23.7 Å². The molecule has 6 atom stereocenters. The van der Waals surface area contributed by atoms with Crippen molar-refractivity contribution in [3.8, 4) is 0 Å². The molecule has 1 heterocycles. The molecular formula is C9H8Br2O3. The molecule has 2 bridgehead atoms. The Labute approximate surface area is 97.8 Å². The molecule has 0 radical (unpaired) electrons. The Morgan fingerprint density at radius 1 is 1.00 bits per heavy atom. The van der Waals surface area contributed by atoms with Gasteiger partial charge in [0.25, 0.3) is 0 Å². The fourth-order valence-electron chi connectivity index (χ4n) is 3.15. The first-order valence-electron chi connectivity index (χ1n) is 4.65. The summed E-state index contributed by atoms with van der Waals surface area (Å²) >= 11 is 7.16. The molecule has 0 unspecified atom stereocenters. The Hall–Kier alpha value is 0.1000. The summed E-state index contributed by atoms with van der Waals surface area (Å²) in [7, 11) is 0. The van der Waals surface area contributed by atoms with E-state index in [0.717, 1.165) is 6.42 Å². The highest BCUT2D eigenvalue weighted by atomic mass is 79.9. The number of cyclic esters (lactones) is 2. The Balaban J connectivity index is 2.01. The molecular weight excluding hydrogens is 316 g/mol. The van der Waals surface area contributed by atoms with Crippen LogP contribution in [0.1, 0.15) is 6.42 Å². The van der Waals surface area contributed by atoms with E-state index in [1.54, 1.807) is 0 Å². The van der Waals surface area contributed by atoms with E-state index in [1.807, 2.05) is 0 Å². The van der Waals surface area contributed by atoms with Crippen molar-refractivity contribution in [2.75, 3.05) is 0 Å². The van der Waals surface area contributed by atoms with Gasteiger partial charge in [-0.05, 0) is 18.3 Å². The van der Waals surface area contributed by atoms with E-state index in [2.05, 4.69) is 36.6 Å². The minimum atomic E-state index is -0.309. The van der Waals surface area contributed by atoms with Gasteiger partial charge in [0.15, 0.2) is 0 Å². The van der Waals surface area contributed by atoms with Crippen LogP contribution >= 0.6 is 31.9 Å². The minimum Gasteiger partial charge on any atom is -0.393 e. The Bertz CT molecular complexity index is 300. The predicted molar refractivity (Wildman–Crippen MR) is 55.1 cm³/mol. The molecule has 0 aromatic rings. The van der Waals surface area contributed by atoms with E-state index in [4.69, 9.17) is 0 Å². The molecule has 5 heteroatoms. The molecule has 1 saturated heterocycles. The zero-order valence-electron chi connectivity index (χ0n) is 7.15. The number of ether oxygens (including phenoxy) is 1. The lowest BCUT2D eigenvalue weighted by molar-refractivity contribution is -0.154. The summed E-state index contributed by atoms with van der Waals surface area (Å²) < 4.78 is 4.69. The summed E-state index contributed by atoms with van der Waals surface area (Å²) in [5.74, 6) is -0.425. The lowest BCUT2D eigenvalue weighted by Gasteiger charge is -2.27. The van der Waals surface area contributed by atoms with Gasteiger partial charge < -0.3 is 4.74 Å². The second kappa shape index (κ2) is 2.82. The van der Waals surface area contributed by atoms with Crippen molar-refractivity contribution in [1.82, 2.24) is 0 Å². The van der Waals surface area contributed by atoms with Crippen molar-refractivity contribution in [2.45, 2.75) is 16.1 Å². The Morgan fingerprint density at radius 3 is 1.86 bits per heavy atom. The van der Waals surface area contributed by atoms with Crippen LogP contribution in [-0.2, 0) is 14.3 Å². The van der Waals surface area contributed by atoms with E-state index in [9.17, 15) is 9.59 Å². The number of carbonyl (C=O) groups is 2. The topological polar surface area (TPSA) is 43.4 Å². The van der Waals surface area contributed by atoms with Gasteiger partial charge in [-0.15, -0.1) is 0 Å². The molecule has 3 rings (SSSR count). The van der Waals surface area contributed by atoms with Gasteiger partial charge in [0.2, 0.25) is 0 Å². The van der Waals surface area contributed by atoms with Gasteiger partial charge in [-0.25, -0.2) is 0 Å². The van der Waals surface area contributed by atoms with Gasteiger partial charge in [0.1, 0.15) is 0 Å². The normalized spacial score (nSPS) is 55.0. The number of carbonyl (C=O) groups excluding carboxylic acids is 2. The molecule has 14 heavy (non-hydrogen) atoms. The summed E-state index contributed by atoms with van der Waals surface area (Å²) in [5, 5.41) is 0. The monoisotopic (exact) mass is 322 g/mol. The molecule has 2 saturated carbocycles. The highest BCUT2D eigenvalue weighted by Gasteiger charge is 2.65. The third-order valence-corrected chi connectivity index (χ3v) is 6.93. The van der Waals surface area contributed by atoms with Gasteiger partial charge in [-0.2, -0.15) is 0 Å². The molecule has 3 aliphatic rings. The number of rotatable bonds is 0. The minimum absolute atomic E-state index is 0.175. The second-order valence-corrected chi connectivity index (χ2v) is 6.36. The van der Waals surface area contributed by atoms with E-state index >= 15 is 0 Å². The van der Waals surface area contributed by atoms with E-state index < -0.39 is 0 Å². The maximum Gasteiger partial charge on any atom is 0.317 e. The average molecular weight is 324 g/mol. The lowest BCUT2D eigenvalue weighted by Crippen LogP contribution is -2.37. The first-order chi connectivity index (χ1) is 6.61. The summed E-state index contributed by atoms with van der Waals surface area (Å²) in [6.45, 7) is 0.